The molecule has 0 saturated heterocycles. The van der Waals surface area contributed by atoms with Crippen molar-refractivity contribution in [3.8, 4) is 0 Å². The average molecular weight is 335 g/mol. The van der Waals surface area contributed by atoms with Gasteiger partial charge < -0.3 is 10.1 Å². The van der Waals surface area contributed by atoms with Crippen molar-refractivity contribution in [2.45, 2.75) is 51.0 Å². The summed E-state index contributed by atoms with van der Waals surface area (Å²) in [6.07, 6.45) is 6.44. The Labute approximate surface area is 149 Å². The fourth-order valence-corrected chi connectivity index (χ4v) is 4.64. The van der Waals surface area contributed by atoms with Gasteiger partial charge in [-0.05, 0) is 43.0 Å². The summed E-state index contributed by atoms with van der Waals surface area (Å²) in [4.78, 5) is 12.1. The summed E-state index contributed by atoms with van der Waals surface area (Å²) in [6, 6.07) is 12.9. The molecule has 0 spiro atoms. The van der Waals surface area contributed by atoms with Gasteiger partial charge in [-0.1, -0.05) is 49.2 Å². The summed E-state index contributed by atoms with van der Waals surface area (Å²) in [5.74, 6) is 0.198. The van der Waals surface area contributed by atoms with Crippen molar-refractivity contribution >= 4 is 22.4 Å². The van der Waals surface area contributed by atoms with E-state index in [1.165, 1.54) is 35.6 Å². The molecular formula is C22H25NO2. The number of carbonyl (C=O) groups is 1. The van der Waals surface area contributed by atoms with Gasteiger partial charge >= 0.3 is 5.97 Å². The minimum atomic E-state index is -0.276. The van der Waals surface area contributed by atoms with Crippen molar-refractivity contribution in [2.75, 3.05) is 6.61 Å². The number of hydrogen-bond acceptors (Lipinski definition) is 3. The second-order valence-electron chi connectivity index (χ2n) is 7.40. The largest absolute Gasteiger partial charge is 0.463 e. The van der Waals surface area contributed by atoms with Gasteiger partial charge in [0.05, 0.1) is 6.61 Å². The van der Waals surface area contributed by atoms with Crippen LogP contribution in [0.2, 0.25) is 0 Å². The van der Waals surface area contributed by atoms with Gasteiger partial charge in [0, 0.05) is 28.8 Å². The molecule has 0 amide bonds. The van der Waals surface area contributed by atoms with Crippen LogP contribution in [0.25, 0.3) is 16.5 Å². The fraction of sp³-hybridized carbons (Fsp3) is 0.409. The van der Waals surface area contributed by atoms with Crippen LogP contribution in [0.4, 0.5) is 0 Å². The second kappa shape index (κ2) is 6.21. The molecule has 1 saturated carbocycles. The van der Waals surface area contributed by atoms with Crippen LogP contribution in [-0.2, 0) is 9.53 Å². The number of rotatable bonds is 2. The maximum atomic E-state index is 12.1. The first kappa shape index (κ1) is 16.2. The lowest BCUT2D eigenvalue weighted by molar-refractivity contribution is -0.137. The summed E-state index contributed by atoms with van der Waals surface area (Å²) in [5.41, 5.74) is 3.44. The number of ether oxygens (including phenoxy) is 1. The van der Waals surface area contributed by atoms with Gasteiger partial charge in [-0.3, -0.25) is 0 Å². The van der Waals surface area contributed by atoms with Crippen LogP contribution >= 0.6 is 0 Å². The molecule has 2 aromatic rings. The van der Waals surface area contributed by atoms with E-state index in [2.05, 4.69) is 48.6 Å². The minimum absolute atomic E-state index is 0.00625. The first-order valence-corrected chi connectivity index (χ1v) is 9.31. The van der Waals surface area contributed by atoms with Crippen molar-refractivity contribution in [2.24, 2.45) is 0 Å². The Hall–Kier alpha value is -2.29. The van der Waals surface area contributed by atoms with E-state index < -0.39 is 0 Å². The summed E-state index contributed by atoms with van der Waals surface area (Å²) in [7, 11) is 0. The van der Waals surface area contributed by atoms with Crippen LogP contribution in [-0.4, -0.2) is 18.1 Å². The average Bonchev–Trinajstić information content (AvgIpc) is 2.61. The molecule has 2 aliphatic rings. The van der Waals surface area contributed by atoms with Crippen LogP contribution in [0.15, 0.2) is 42.5 Å². The zero-order valence-corrected chi connectivity index (χ0v) is 15.0. The molecule has 1 aliphatic heterocycles. The van der Waals surface area contributed by atoms with Gasteiger partial charge in [0.15, 0.2) is 0 Å². The summed E-state index contributed by atoms with van der Waals surface area (Å²) >= 11 is 0. The van der Waals surface area contributed by atoms with Crippen LogP contribution in [0.5, 0.6) is 0 Å². The van der Waals surface area contributed by atoms with Gasteiger partial charge in [-0.15, -0.1) is 0 Å². The number of fused-ring (bicyclic) bond motifs is 5. The number of hydrogen-bond donors (Lipinski definition) is 1. The zero-order chi connectivity index (χ0) is 17.4. The van der Waals surface area contributed by atoms with Crippen molar-refractivity contribution in [1.82, 2.24) is 5.32 Å². The van der Waals surface area contributed by atoms with Gasteiger partial charge in [-0.25, -0.2) is 4.79 Å². The summed E-state index contributed by atoms with van der Waals surface area (Å²) in [6.45, 7) is 4.54. The smallest absolute Gasteiger partial charge is 0.332 e. The number of carbonyl (C=O) groups excluding carboxylic acids is 1. The number of esters is 1. The van der Waals surface area contributed by atoms with Crippen molar-refractivity contribution in [3.63, 3.8) is 0 Å². The highest BCUT2D eigenvalue weighted by atomic mass is 16.5. The fourth-order valence-electron chi connectivity index (χ4n) is 4.64. The quantitative estimate of drug-likeness (QED) is 0.635. The molecule has 3 nitrogen and oxygen atoms in total. The molecule has 130 valence electrons. The first-order valence-electron chi connectivity index (χ1n) is 9.31. The first-order chi connectivity index (χ1) is 12.1. The van der Waals surface area contributed by atoms with E-state index in [0.717, 1.165) is 17.7 Å². The lowest BCUT2D eigenvalue weighted by atomic mass is 9.66. The minimum Gasteiger partial charge on any atom is -0.463 e. The SMILES string of the molecule is CCOC(=O)/C=C1\NC2(C)CCCCC2c2c1ccc1ccccc21. The van der Waals surface area contributed by atoms with Gasteiger partial charge in [0.2, 0.25) is 0 Å². The van der Waals surface area contributed by atoms with Crippen molar-refractivity contribution in [3.05, 3.63) is 53.6 Å². The Kier molecular flexibility index (Phi) is 4.03. The normalized spacial score (nSPS) is 26.6. The van der Waals surface area contributed by atoms with Crippen molar-refractivity contribution in [1.29, 1.82) is 0 Å². The molecule has 4 rings (SSSR count). The third-order valence-electron chi connectivity index (χ3n) is 5.79. The Morgan fingerprint density at radius 1 is 1.28 bits per heavy atom. The molecule has 2 aromatic carbocycles. The van der Waals surface area contributed by atoms with E-state index in [1.54, 1.807) is 6.08 Å². The maximum absolute atomic E-state index is 12.1. The predicted octanol–water partition coefficient (Wildman–Crippen LogP) is 4.76. The molecule has 0 aromatic heterocycles. The van der Waals surface area contributed by atoms with E-state index >= 15 is 0 Å². The molecular weight excluding hydrogens is 310 g/mol. The Morgan fingerprint density at radius 2 is 2.12 bits per heavy atom. The van der Waals surface area contributed by atoms with Crippen LogP contribution < -0.4 is 5.32 Å². The highest BCUT2D eigenvalue weighted by Gasteiger charge is 2.43. The molecule has 0 radical (unpaired) electrons. The third kappa shape index (κ3) is 2.72. The molecule has 0 bridgehead atoms. The van der Waals surface area contributed by atoms with E-state index in [4.69, 9.17) is 4.74 Å². The lowest BCUT2D eigenvalue weighted by Crippen LogP contribution is -2.51. The lowest BCUT2D eigenvalue weighted by Gasteiger charge is -2.48. The molecule has 1 N–H and O–H groups in total. The highest BCUT2D eigenvalue weighted by molar-refractivity contribution is 5.97. The highest BCUT2D eigenvalue weighted by Crippen LogP contribution is 2.49. The second-order valence-corrected chi connectivity index (χ2v) is 7.40. The van der Waals surface area contributed by atoms with Gasteiger partial charge in [0.1, 0.15) is 0 Å². The third-order valence-corrected chi connectivity index (χ3v) is 5.79. The standard InChI is InChI=1S/C22H25NO2/c1-3-25-20(24)14-19-17-12-11-15-8-4-5-9-16(15)21(17)18-10-6-7-13-22(18,2)23-19/h4-5,8-9,11-12,14,18,23H,3,6-7,10,13H2,1-2H3/b19-14-. The molecule has 25 heavy (non-hydrogen) atoms. The van der Waals surface area contributed by atoms with E-state index in [9.17, 15) is 4.79 Å². The molecule has 2 unspecified atom stereocenters. The molecule has 3 heteroatoms. The van der Waals surface area contributed by atoms with Gasteiger partial charge in [0.25, 0.3) is 0 Å². The van der Waals surface area contributed by atoms with Crippen LogP contribution in [0, 0.1) is 0 Å². The number of nitrogens with one attached hydrogen (secondary N) is 1. The predicted molar refractivity (Wildman–Crippen MR) is 101 cm³/mol. The molecule has 1 heterocycles. The zero-order valence-electron chi connectivity index (χ0n) is 15.0. The van der Waals surface area contributed by atoms with Crippen molar-refractivity contribution < 1.29 is 9.53 Å². The summed E-state index contributed by atoms with van der Waals surface area (Å²) in [5, 5.41) is 6.29. The monoisotopic (exact) mass is 335 g/mol. The molecule has 2 atom stereocenters. The van der Waals surface area contributed by atoms with E-state index in [0.29, 0.717) is 12.5 Å². The Morgan fingerprint density at radius 3 is 2.96 bits per heavy atom. The molecule has 1 fully saturated rings. The van der Waals surface area contributed by atoms with E-state index in [-0.39, 0.29) is 11.5 Å². The van der Waals surface area contributed by atoms with Crippen LogP contribution in [0.3, 0.4) is 0 Å². The molecule has 1 aliphatic carbocycles. The Balaban J connectivity index is 1.94. The summed E-state index contributed by atoms with van der Waals surface area (Å²) < 4.78 is 5.16. The Bertz CT molecular complexity index is 854. The van der Waals surface area contributed by atoms with Gasteiger partial charge in [-0.2, -0.15) is 0 Å². The number of benzene rings is 2. The maximum Gasteiger partial charge on any atom is 0.332 e. The van der Waals surface area contributed by atoms with E-state index in [1.807, 2.05) is 6.92 Å². The topological polar surface area (TPSA) is 38.3 Å². The van der Waals surface area contributed by atoms with Crippen LogP contribution in [0.1, 0.15) is 56.6 Å².